The first-order valence-corrected chi connectivity index (χ1v) is 9.07. The van der Waals surface area contributed by atoms with Crippen LogP contribution in [0.3, 0.4) is 0 Å². The van der Waals surface area contributed by atoms with Gasteiger partial charge in [-0.3, -0.25) is 9.36 Å². The molecule has 3 aromatic heterocycles. The Balaban J connectivity index is 1.58. The van der Waals surface area contributed by atoms with Gasteiger partial charge in [-0.25, -0.2) is 9.97 Å². The fourth-order valence-electron chi connectivity index (χ4n) is 3.11. The Kier molecular flexibility index (Phi) is 4.60. The van der Waals surface area contributed by atoms with Gasteiger partial charge in [-0.15, -0.1) is 10.2 Å². The molecule has 0 atom stereocenters. The number of benzene rings is 1. The molecule has 0 saturated heterocycles. The quantitative estimate of drug-likeness (QED) is 0.536. The van der Waals surface area contributed by atoms with Gasteiger partial charge in [0.25, 0.3) is 5.91 Å². The van der Waals surface area contributed by atoms with Gasteiger partial charge in [0.15, 0.2) is 11.5 Å². The number of carbonyl (C=O) groups is 1. The van der Waals surface area contributed by atoms with Crippen LogP contribution in [0, 0.1) is 0 Å². The van der Waals surface area contributed by atoms with Crippen LogP contribution in [-0.4, -0.2) is 47.2 Å². The first kappa shape index (κ1) is 17.8. The van der Waals surface area contributed by atoms with Crippen LogP contribution in [0.5, 0.6) is 0 Å². The van der Waals surface area contributed by atoms with Gasteiger partial charge in [0.05, 0.1) is 12.1 Å². The molecular weight excluding hydrogens is 354 g/mol. The summed E-state index contributed by atoms with van der Waals surface area (Å²) in [6, 6.07) is 11.9. The molecule has 0 fully saturated rings. The minimum atomic E-state index is -0.137. The first-order chi connectivity index (χ1) is 13.5. The van der Waals surface area contributed by atoms with Crippen LogP contribution < -0.4 is 0 Å². The van der Waals surface area contributed by atoms with Crippen molar-refractivity contribution in [2.45, 2.75) is 26.4 Å². The Labute approximate surface area is 162 Å². The van der Waals surface area contributed by atoms with Gasteiger partial charge in [0.1, 0.15) is 18.2 Å². The number of amides is 1. The van der Waals surface area contributed by atoms with E-state index in [2.05, 4.69) is 34.0 Å². The van der Waals surface area contributed by atoms with Crippen LogP contribution in [0.1, 0.15) is 36.1 Å². The summed E-state index contributed by atoms with van der Waals surface area (Å²) >= 11 is 0. The van der Waals surface area contributed by atoms with Crippen molar-refractivity contribution in [3.05, 3.63) is 66.6 Å². The summed E-state index contributed by atoms with van der Waals surface area (Å²) in [6.07, 6.45) is 4.99. The summed E-state index contributed by atoms with van der Waals surface area (Å²) in [4.78, 5) is 23.4. The van der Waals surface area contributed by atoms with Gasteiger partial charge < -0.3 is 9.47 Å². The maximum Gasteiger partial charge on any atom is 0.255 e. The molecule has 0 N–H and O–H groups in total. The van der Waals surface area contributed by atoms with Crippen LogP contribution in [0.15, 0.2) is 55.2 Å². The van der Waals surface area contributed by atoms with E-state index in [9.17, 15) is 4.79 Å². The number of pyridine rings is 1. The lowest BCUT2D eigenvalue weighted by molar-refractivity contribution is 0.0779. The third-order valence-corrected chi connectivity index (χ3v) is 4.60. The van der Waals surface area contributed by atoms with E-state index in [1.54, 1.807) is 36.9 Å². The van der Waals surface area contributed by atoms with Gasteiger partial charge in [-0.05, 0) is 32.0 Å². The summed E-state index contributed by atoms with van der Waals surface area (Å²) in [7, 11) is 1.74. The summed E-state index contributed by atoms with van der Waals surface area (Å²) < 4.78 is 3.85. The second kappa shape index (κ2) is 7.22. The van der Waals surface area contributed by atoms with Crippen molar-refractivity contribution >= 4 is 17.1 Å². The largest absolute Gasteiger partial charge is 0.334 e. The zero-order valence-electron chi connectivity index (χ0n) is 16.0. The Bertz CT molecular complexity index is 1110. The van der Waals surface area contributed by atoms with E-state index < -0.39 is 0 Å². The highest BCUT2D eigenvalue weighted by atomic mass is 16.2. The van der Waals surface area contributed by atoms with Crippen molar-refractivity contribution in [3.8, 4) is 5.69 Å². The number of hydrogen-bond acceptors (Lipinski definition) is 5. The standard InChI is InChI=1S/C20H21N7O/c1-14(2)26-13-23-24-18(26)11-25(3)20(28)15-9-17-19(21-10-15)27(12-22-17)16-7-5-4-6-8-16/h4-10,12-14H,11H2,1-3H3. The fraction of sp³-hybridized carbons (Fsp3) is 0.250. The number of aromatic nitrogens is 6. The van der Waals surface area contributed by atoms with Gasteiger partial charge >= 0.3 is 0 Å². The summed E-state index contributed by atoms with van der Waals surface area (Å²) in [5, 5.41) is 8.08. The third kappa shape index (κ3) is 3.24. The molecule has 0 saturated carbocycles. The van der Waals surface area contributed by atoms with Crippen molar-refractivity contribution in [2.75, 3.05) is 7.05 Å². The smallest absolute Gasteiger partial charge is 0.255 e. The highest BCUT2D eigenvalue weighted by molar-refractivity contribution is 5.96. The Morgan fingerprint density at radius 2 is 1.93 bits per heavy atom. The maximum absolute atomic E-state index is 12.9. The summed E-state index contributed by atoms with van der Waals surface area (Å²) in [5.74, 6) is 0.607. The number of fused-ring (bicyclic) bond motifs is 1. The number of rotatable bonds is 5. The van der Waals surface area contributed by atoms with E-state index in [0.717, 1.165) is 11.5 Å². The number of nitrogens with zero attached hydrogens (tertiary/aromatic N) is 7. The molecule has 28 heavy (non-hydrogen) atoms. The minimum Gasteiger partial charge on any atom is -0.334 e. The second-order valence-corrected chi connectivity index (χ2v) is 6.93. The van der Waals surface area contributed by atoms with E-state index in [-0.39, 0.29) is 11.9 Å². The monoisotopic (exact) mass is 375 g/mol. The zero-order valence-corrected chi connectivity index (χ0v) is 16.0. The number of imidazole rings is 1. The molecule has 0 bridgehead atoms. The highest BCUT2D eigenvalue weighted by Gasteiger charge is 2.18. The van der Waals surface area contributed by atoms with E-state index >= 15 is 0 Å². The van der Waals surface area contributed by atoms with E-state index in [1.165, 1.54) is 0 Å². The molecule has 0 spiro atoms. The highest BCUT2D eigenvalue weighted by Crippen LogP contribution is 2.18. The third-order valence-electron chi connectivity index (χ3n) is 4.60. The Morgan fingerprint density at radius 3 is 2.68 bits per heavy atom. The topological polar surface area (TPSA) is 81.7 Å². The predicted molar refractivity (Wildman–Crippen MR) is 105 cm³/mol. The average molecular weight is 375 g/mol. The van der Waals surface area contributed by atoms with E-state index in [0.29, 0.717) is 23.3 Å². The molecule has 3 heterocycles. The average Bonchev–Trinajstić information content (AvgIpc) is 3.34. The molecule has 8 heteroatoms. The van der Waals surface area contributed by atoms with Crippen molar-refractivity contribution < 1.29 is 4.79 Å². The van der Waals surface area contributed by atoms with Crippen LogP contribution in [0.2, 0.25) is 0 Å². The lowest BCUT2D eigenvalue weighted by Crippen LogP contribution is -2.28. The number of para-hydroxylation sites is 1. The van der Waals surface area contributed by atoms with Gasteiger partial charge in [-0.2, -0.15) is 0 Å². The van der Waals surface area contributed by atoms with E-state index in [4.69, 9.17) is 0 Å². The minimum absolute atomic E-state index is 0.137. The van der Waals surface area contributed by atoms with Gasteiger partial charge in [-0.1, -0.05) is 18.2 Å². The molecule has 0 radical (unpaired) electrons. The predicted octanol–water partition coefficient (Wildman–Crippen LogP) is 2.87. The van der Waals surface area contributed by atoms with Crippen LogP contribution in [0.25, 0.3) is 16.9 Å². The Morgan fingerprint density at radius 1 is 1.14 bits per heavy atom. The summed E-state index contributed by atoms with van der Waals surface area (Å²) in [6.45, 7) is 4.47. The molecule has 1 amide bonds. The summed E-state index contributed by atoms with van der Waals surface area (Å²) in [5.41, 5.74) is 2.85. The second-order valence-electron chi connectivity index (χ2n) is 6.93. The molecule has 4 rings (SSSR count). The lowest BCUT2D eigenvalue weighted by atomic mass is 10.2. The van der Waals surface area contributed by atoms with Crippen molar-refractivity contribution in [2.24, 2.45) is 0 Å². The normalized spacial score (nSPS) is 11.3. The SMILES string of the molecule is CC(C)n1cnnc1CN(C)C(=O)c1cnc2c(c1)ncn2-c1ccccc1. The molecule has 0 aliphatic carbocycles. The van der Waals surface area contributed by atoms with Crippen LogP contribution in [-0.2, 0) is 6.54 Å². The fourth-order valence-corrected chi connectivity index (χ4v) is 3.11. The molecule has 0 aliphatic heterocycles. The Hall–Kier alpha value is -3.55. The lowest BCUT2D eigenvalue weighted by Gasteiger charge is -2.18. The molecule has 8 nitrogen and oxygen atoms in total. The van der Waals surface area contributed by atoms with Gasteiger partial charge in [0.2, 0.25) is 0 Å². The van der Waals surface area contributed by atoms with Crippen LogP contribution >= 0.6 is 0 Å². The molecule has 142 valence electrons. The molecule has 4 aromatic rings. The molecule has 1 aromatic carbocycles. The van der Waals surface area contributed by atoms with Crippen molar-refractivity contribution in [1.29, 1.82) is 0 Å². The molecule has 0 unspecified atom stereocenters. The van der Waals surface area contributed by atoms with Crippen molar-refractivity contribution in [1.82, 2.24) is 34.2 Å². The van der Waals surface area contributed by atoms with Gasteiger partial charge in [0, 0.05) is 25.0 Å². The number of carbonyl (C=O) groups excluding carboxylic acids is 1. The van der Waals surface area contributed by atoms with Crippen LogP contribution in [0.4, 0.5) is 0 Å². The zero-order chi connectivity index (χ0) is 19.7. The first-order valence-electron chi connectivity index (χ1n) is 9.07. The van der Waals surface area contributed by atoms with E-state index in [1.807, 2.05) is 39.5 Å². The molecular formula is C20H21N7O. The van der Waals surface area contributed by atoms with Crippen molar-refractivity contribution in [3.63, 3.8) is 0 Å². The number of hydrogen-bond donors (Lipinski definition) is 0. The molecule has 0 aliphatic rings. The maximum atomic E-state index is 12.9.